The van der Waals surface area contributed by atoms with Crippen LogP contribution in [0.25, 0.3) is 0 Å². The summed E-state index contributed by atoms with van der Waals surface area (Å²) in [6, 6.07) is 0. The molecule has 4 rings (SSSR count). The first-order valence-corrected chi connectivity index (χ1v) is 12.9. The second kappa shape index (κ2) is 8.03. The monoisotopic (exact) mass is 464 g/mol. The minimum Gasteiger partial charge on any atom is -0.469 e. The smallest absolute Gasteiger partial charge is 0.310 e. The number of hydrogen-bond acceptors (Lipinski definition) is 6. The van der Waals surface area contributed by atoms with Crippen molar-refractivity contribution in [2.75, 3.05) is 13.7 Å². The van der Waals surface area contributed by atoms with Crippen LogP contribution in [0.2, 0.25) is 0 Å². The molecular weight excluding hydrogens is 420 g/mol. The fourth-order valence-electron chi connectivity index (χ4n) is 10.00. The van der Waals surface area contributed by atoms with E-state index in [2.05, 4.69) is 20.8 Å². The Kier molecular flexibility index (Phi) is 6.11. The molecule has 0 aliphatic heterocycles. The molecule has 4 saturated carbocycles. The summed E-state index contributed by atoms with van der Waals surface area (Å²) in [5, 5.41) is 33.8. The fraction of sp³-hybridized carbons (Fsp3) is 0.926. The van der Waals surface area contributed by atoms with E-state index in [1.807, 2.05) is 6.92 Å². The molecule has 0 radical (unpaired) electrons. The van der Waals surface area contributed by atoms with Crippen LogP contribution in [0.3, 0.4) is 0 Å². The zero-order chi connectivity index (χ0) is 24.6. The van der Waals surface area contributed by atoms with E-state index in [-0.39, 0.29) is 40.5 Å². The van der Waals surface area contributed by atoms with Crippen LogP contribution in [-0.2, 0) is 14.3 Å². The van der Waals surface area contributed by atoms with Crippen LogP contribution in [0.5, 0.6) is 0 Å². The lowest BCUT2D eigenvalue weighted by atomic mass is 9.33. The number of rotatable bonds is 3. The zero-order valence-corrected chi connectivity index (χ0v) is 21.3. The molecule has 0 saturated heterocycles. The van der Waals surface area contributed by atoms with Crippen LogP contribution in [0.15, 0.2) is 0 Å². The third kappa shape index (κ3) is 3.22. The highest BCUT2D eigenvalue weighted by Gasteiger charge is 2.72. The van der Waals surface area contributed by atoms with Gasteiger partial charge in [-0.25, -0.2) is 0 Å². The summed E-state index contributed by atoms with van der Waals surface area (Å²) in [7, 11) is 1.31. The molecule has 3 N–H and O–H groups in total. The number of hydrogen-bond donors (Lipinski definition) is 3. The molecule has 4 aliphatic carbocycles. The van der Waals surface area contributed by atoms with E-state index in [4.69, 9.17) is 4.74 Å². The summed E-state index contributed by atoms with van der Waals surface area (Å²) in [6.45, 7) is 10.4. The van der Waals surface area contributed by atoms with Crippen LogP contribution < -0.4 is 0 Å². The first kappa shape index (κ1) is 25.1. The average molecular weight is 465 g/mol. The Morgan fingerprint density at radius 1 is 0.970 bits per heavy atom. The van der Waals surface area contributed by atoms with Crippen LogP contribution >= 0.6 is 0 Å². The molecule has 0 aromatic heterocycles. The largest absolute Gasteiger partial charge is 0.469 e. The Balaban J connectivity index is 1.85. The molecule has 0 aromatic rings. The molecule has 10 unspecified atom stereocenters. The lowest BCUT2D eigenvalue weighted by molar-refractivity contribution is -0.270. The minimum absolute atomic E-state index is 0.0979. The maximum absolute atomic E-state index is 13.1. The molecule has 10 atom stereocenters. The summed E-state index contributed by atoms with van der Waals surface area (Å²) in [4.78, 5) is 25.7. The first-order chi connectivity index (χ1) is 15.3. The lowest BCUT2D eigenvalue weighted by Crippen LogP contribution is -2.71. The molecule has 6 heteroatoms. The molecule has 33 heavy (non-hydrogen) atoms. The van der Waals surface area contributed by atoms with Crippen molar-refractivity contribution >= 4 is 11.8 Å². The van der Waals surface area contributed by atoms with Crippen molar-refractivity contribution in [3.8, 4) is 0 Å². The van der Waals surface area contributed by atoms with E-state index in [1.165, 1.54) is 14.0 Å². The van der Waals surface area contributed by atoms with Crippen molar-refractivity contribution in [1.29, 1.82) is 0 Å². The first-order valence-electron chi connectivity index (χ1n) is 12.9. The molecule has 4 fully saturated rings. The van der Waals surface area contributed by atoms with Crippen molar-refractivity contribution in [2.45, 2.75) is 91.8 Å². The standard InChI is InChI=1S/C27H44O6/c1-15(29)21-16(30)12-18-25(4)11-8-17-24(2,3)9-7-10-27(17,14-28)19(25)13-20(31)26(18,5)22(21)23(32)33-6/h16-22,28,30-31H,7-14H2,1-6H3. The second-order valence-electron chi connectivity index (χ2n) is 13.0. The Hall–Kier alpha value is -0.980. The third-order valence-corrected chi connectivity index (χ3v) is 11.4. The minimum atomic E-state index is -0.946. The van der Waals surface area contributed by atoms with Gasteiger partial charge in [-0.2, -0.15) is 0 Å². The fourth-order valence-corrected chi connectivity index (χ4v) is 10.00. The number of aliphatic hydroxyl groups is 3. The second-order valence-corrected chi connectivity index (χ2v) is 13.0. The van der Waals surface area contributed by atoms with Gasteiger partial charge in [-0.3, -0.25) is 9.59 Å². The number of carbonyl (C=O) groups excluding carboxylic acids is 2. The lowest BCUT2D eigenvalue weighted by Gasteiger charge is -2.71. The summed E-state index contributed by atoms with van der Waals surface area (Å²) < 4.78 is 5.15. The molecule has 6 nitrogen and oxygen atoms in total. The number of carbonyl (C=O) groups is 2. The van der Waals surface area contributed by atoms with Crippen molar-refractivity contribution in [3.05, 3.63) is 0 Å². The maximum atomic E-state index is 13.1. The van der Waals surface area contributed by atoms with Gasteiger partial charge in [0.25, 0.3) is 0 Å². The van der Waals surface area contributed by atoms with Crippen molar-refractivity contribution < 1.29 is 29.6 Å². The number of ether oxygens (including phenoxy) is 1. The van der Waals surface area contributed by atoms with E-state index in [0.717, 1.165) is 32.1 Å². The van der Waals surface area contributed by atoms with Gasteiger partial charge in [0.05, 0.1) is 31.2 Å². The van der Waals surface area contributed by atoms with E-state index in [0.29, 0.717) is 18.8 Å². The molecule has 0 amide bonds. The third-order valence-electron chi connectivity index (χ3n) is 11.4. The van der Waals surface area contributed by atoms with Gasteiger partial charge in [0.15, 0.2) is 0 Å². The molecule has 0 spiro atoms. The number of Topliss-reactive ketones (excluding diaryl/α,β-unsaturated/α-hetero) is 1. The highest BCUT2D eigenvalue weighted by molar-refractivity contribution is 5.86. The summed E-state index contributed by atoms with van der Waals surface area (Å²) in [5.74, 6) is -2.18. The van der Waals surface area contributed by atoms with Gasteiger partial charge < -0.3 is 20.1 Å². The number of fused-ring (bicyclic) bond motifs is 5. The van der Waals surface area contributed by atoms with Crippen molar-refractivity contribution in [3.63, 3.8) is 0 Å². The Morgan fingerprint density at radius 3 is 2.21 bits per heavy atom. The quantitative estimate of drug-likeness (QED) is 0.554. The van der Waals surface area contributed by atoms with Crippen LogP contribution in [0.1, 0.15) is 79.6 Å². The van der Waals surface area contributed by atoms with E-state index in [1.54, 1.807) is 0 Å². The van der Waals surface area contributed by atoms with Gasteiger partial charge in [-0.1, -0.05) is 34.1 Å². The molecule has 188 valence electrons. The number of aliphatic hydroxyl groups excluding tert-OH is 3. The van der Waals surface area contributed by atoms with Crippen LogP contribution in [-0.4, -0.2) is 53.0 Å². The predicted octanol–water partition coefficient (Wildman–Crippen LogP) is 3.35. The summed E-state index contributed by atoms with van der Waals surface area (Å²) in [5.41, 5.74) is -1.26. The predicted molar refractivity (Wildman–Crippen MR) is 124 cm³/mol. The van der Waals surface area contributed by atoms with Gasteiger partial charge in [-0.05, 0) is 74.0 Å². The van der Waals surface area contributed by atoms with Gasteiger partial charge >= 0.3 is 5.97 Å². The van der Waals surface area contributed by atoms with Crippen LogP contribution in [0.4, 0.5) is 0 Å². The SMILES string of the molecule is COC(=O)C1C(C(C)=O)C(O)CC2C3(C)CCC4C(C)(C)CCCC4(CO)C3CC(O)C12C. The average Bonchev–Trinajstić information content (AvgIpc) is 2.74. The molecule has 0 aromatic carbocycles. The van der Waals surface area contributed by atoms with Crippen molar-refractivity contribution in [2.24, 2.45) is 51.2 Å². The maximum Gasteiger partial charge on any atom is 0.310 e. The molecule has 0 heterocycles. The van der Waals surface area contributed by atoms with Gasteiger partial charge in [0.2, 0.25) is 0 Å². The van der Waals surface area contributed by atoms with E-state index >= 15 is 0 Å². The molecular formula is C27H44O6. The number of esters is 1. The van der Waals surface area contributed by atoms with Gasteiger partial charge in [0.1, 0.15) is 5.78 Å². The van der Waals surface area contributed by atoms with Crippen LogP contribution in [0, 0.1) is 51.2 Å². The Labute approximate surface area is 198 Å². The zero-order valence-electron chi connectivity index (χ0n) is 21.3. The summed E-state index contributed by atoms with van der Waals surface area (Å²) >= 11 is 0. The topological polar surface area (TPSA) is 104 Å². The Morgan fingerprint density at radius 2 is 1.64 bits per heavy atom. The highest BCUT2D eigenvalue weighted by Crippen LogP contribution is 2.73. The number of methoxy groups -OCH3 is 1. The molecule has 0 bridgehead atoms. The van der Waals surface area contributed by atoms with E-state index < -0.39 is 35.4 Å². The highest BCUT2D eigenvalue weighted by atomic mass is 16.5. The number of ketones is 1. The normalized spacial score (nSPS) is 51.0. The molecule has 4 aliphatic rings. The van der Waals surface area contributed by atoms with Crippen molar-refractivity contribution in [1.82, 2.24) is 0 Å². The van der Waals surface area contributed by atoms with Gasteiger partial charge in [-0.15, -0.1) is 0 Å². The van der Waals surface area contributed by atoms with E-state index in [9.17, 15) is 24.9 Å². The summed E-state index contributed by atoms with van der Waals surface area (Å²) in [6.07, 6.45) is 4.23. The van der Waals surface area contributed by atoms with Gasteiger partial charge in [0, 0.05) is 17.4 Å². The Bertz CT molecular complexity index is 808.